The Bertz CT molecular complexity index is 456. The van der Waals surface area contributed by atoms with Gasteiger partial charge in [-0.2, -0.15) is 0 Å². The number of hydrogen-bond donors (Lipinski definition) is 0. The highest BCUT2D eigenvalue weighted by atomic mass is 79.9. The molecule has 0 aliphatic rings. The van der Waals surface area contributed by atoms with Gasteiger partial charge in [-0.3, -0.25) is 4.98 Å². The van der Waals surface area contributed by atoms with Crippen molar-refractivity contribution in [1.29, 1.82) is 0 Å². The molecule has 16 heavy (non-hydrogen) atoms. The molecule has 0 amide bonds. The van der Waals surface area contributed by atoms with Crippen LogP contribution in [-0.2, 0) is 0 Å². The van der Waals surface area contributed by atoms with Gasteiger partial charge in [-0.25, -0.2) is 0 Å². The average molecular weight is 280 g/mol. The van der Waals surface area contributed by atoms with E-state index in [0.29, 0.717) is 0 Å². The van der Waals surface area contributed by atoms with Gasteiger partial charge in [0.05, 0.1) is 5.52 Å². The first-order valence-corrected chi connectivity index (χ1v) is 6.41. The smallest absolute Gasteiger partial charge is 0.0737 e. The van der Waals surface area contributed by atoms with Crippen molar-refractivity contribution in [3.63, 3.8) is 0 Å². The molecule has 1 nitrogen and oxygen atoms in total. The number of hydrogen-bond acceptors (Lipinski definition) is 1. The van der Waals surface area contributed by atoms with Crippen LogP contribution in [0.1, 0.15) is 30.7 Å². The van der Waals surface area contributed by atoms with E-state index in [1.165, 1.54) is 16.5 Å². The molecule has 0 unspecified atom stereocenters. The van der Waals surface area contributed by atoms with Gasteiger partial charge < -0.3 is 0 Å². The Morgan fingerprint density at radius 1 is 0.938 bits per heavy atom. The predicted octanol–water partition coefficient (Wildman–Crippen LogP) is 4.95. The Balaban J connectivity index is 0.000000606. The Hall–Kier alpha value is -0.890. The Kier molecular flexibility index (Phi) is 4.48. The molecule has 1 aromatic heterocycles. The van der Waals surface area contributed by atoms with E-state index in [1.807, 2.05) is 20.8 Å². The molecule has 0 N–H and O–H groups in total. The van der Waals surface area contributed by atoms with Gasteiger partial charge in [-0.05, 0) is 50.1 Å². The van der Waals surface area contributed by atoms with E-state index in [1.54, 1.807) is 0 Å². The number of halogens is 1. The van der Waals surface area contributed by atoms with Crippen molar-refractivity contribution in [3.05, 3.63) is 39.5 Å². The van der Waals surface area contributed by atoms with Crippen LogP contribution in [-0.4, -0.2) is 4.98 Å². The molecule has 0 bridgehead atoms. The molecule has 0 fully saturated rings. The van der Waals surface area contributed by atoms with Gasteiger partial charge in [0.25, 0.3) is 0 Å². The molecule has 0 spiro atoms. The molecule has 0 atom stereocenters. The lowest BCUT2D eigenvalue weighted by Gasteiger charge is -2.06. The lowest BCUT2D eigenvalue weighted by Crippen LogP contribution is -1.90. The van der Waals surface area contributed by atoms with Crippen LogP contribution in [0.25, 0.3) is 10.9 Å². The zero-order chi connectivity index (χ0) is 12.3. The lowest BCUT2D eigenvalue weighted by atomic mass is 10.1. The predicted molar refractivity (Wildman–Crippen MR) is 75.0 cm³/mol. The summed E-state index contributed by atoms with van der Waals surface area (Å²) in [6, 6.07) is 6.35. The number of fused-ring (bicyclic) bond motifs is 1. The first-order chi connectivity index (χ1) is 7.58. The van der Waals surface area contributed by atoms with Gasteiger partial charge >= 0.3 is 0 Å². The van der Waals surface area contributed by atoms with Gasteiger partial charge in [0.15, 0.2) is 0 Å². The normalized spacial score (nSPS) is 9.88. The fourth-order valence-corrected chi connectivity index (χ4v) is 2.36. The summed E-state index contributed by atoms with van der Waals surface area (Å²) in [6.07, 6.45) is 0. The third kappa shape index (κ3) is 2.62. The summed E-state index contributed by atoms with van der Waals surface area (Å²) >= 11 is 3.51. The van der Waals surface area contributed by atoms with Gasteiger partial charge in [0, 0.05) is 15.6 Å². The summed E-state index contributed by atoms with van der Waals surface area (Å²) in [7, 11) is 0. The van der Waals surface area contributed by atoms with Gasteiger partial charge in [-0.1, -0.05) is 29.8 Å². The van der Waals surface area contributed by atoms with Crippen molar-refractivity contribution in [3.8, 4) is 0 Å². The molecule has 2 rings (SSSR count). The highest BCUT2D eigenvalue weighted by Crippen LogP contribution is 2.25. The van der Waals surface area contributed by atoms with Crippen LogP contribution in [0.3, 0.4) is 0 Å². The number of benzene rings is 1. The molecule has 1 heterocycles. The fourth-order valence-electron chi connectivity index (χ4n) is 1.78. The minimum Gasteiger partial charge on any atom is -0.253 e. The van der Waals surface area contributed by atoms with Crippen LogP contribution in [0, 0.1) is 20.8 Å². The van der Waals surface area contributed by atoms with Crippen molar-refractivity contribution < 1.29 is 0 Å². The summed E-state index contributed by atoms with van der Waals surface area (Å²) in [5.41, 5.74) is 4.71. The number of pyridine rings is 1. The second kappa shape index (κ2) is 5.44. The van der Waals surface area contributed by atoms with Crippen molar-refractivity contribution in [1.82, 2.24) is 4.98 Å². The van der Waals surface area contributed by atoms with E-state index in [4.69, 9.17) is 0 Å². The maximum Gasteiger partial charge on any atom is 0.0737 e. The van der Waals surface area contributed by atoms with Crippen molar-refractivity contribution in [2.45, 2.75) is 34.6 Å². The van der Waals surface area contributed by atoms with E-state index in [9.17, 15) is 0 Å². The largest absolute Gasteiger partial charge is 0.253 e. The van der Waals surface area contributed by atoms with Crippen LogP contribution < -0.4 is 0 Å². The van der Waals surface area contributed by atoms with E-state index < -0.39 is 0 Å². The summed E-state index contributed by atoms with van der Waals surface area (Å²) < 4.78 is 1.12. The second-order valence-electron chi connectivity index (χ2n) is 3.70. The molecule has 0 saturated heterocycles. The highest BCUT2D eigenvalue weighted by molar-refractivity contribution is 9.10. The third-order valence-electron chi connectivity index (χ3n) is 2.40. The first-order valence-electron chi connectivity index (χ1n) is 5.62. The SMILES string of the molecule is CC.Cc1cc(C)c2cc(Br)cc(C)c2n1. The van der Waals surface area contributed by atoms with Crippen molar-refractivity contribution >= 4 is 26.8 Å². The number of aryl methyl sites for hydroxylation is 3. The average Bonchev–Trinajstić information content (AvgIpc) is 2.23. The minimum absolute atomic E-state index is 1.08. The van der Waals surface area contributed by atoms with E-state index in [0.717, 1.165) is 15.7 Å². The zero-order valence-corrected chi connectivity index (χ0v) is 12.1. The summed E-state index contributed by atoms with van der Waals surface area (Å²) in [4.78, 5) is 4.56. The van der Waals surface area contributed by atoms with Crippen molar-refractivity contribution in [2.24, 2.45) is 0 Å². The number of rotatable bonds is 0. The fraction of sp³-hybridized carbons (Fsp3) is 0.357. The van der Waals surface area contributed by atoms with Gasteiger partial charge in [0.1, 0.15) is 0 Å². The monoisotopic (exact) mass is 279 g/mol. The topological polar surface area (TPSA) is 12.9 Å². The maximum absolute atomic E-state index is 4.56. The van der Waals surface area contributed by atoms with Crippen LogP contribution in [0.4, 0.5) is 0 Å². The molecule has 86 valence electrons. The molecule has 0 aliphatic carbocycles. The van der Waals surface area contributed by atoms with E-state index >= 15 is 0 Å². The molecule has 0 saturated carbocycles. The van der Waals surface area contributed by atoms with Crippen molar-refractivity contribution in [2.75, 3.05) is 0 Å². The zero-order valence-electron chi connectivity index (χ0n) is 10.6. The first kappa shape index (κ1) is 13.2. The number of nitrogens with zero attached hydrogens (tertiary/aromatic N) is 1. The van der Waals surface area contributed by atoms with Gasteiger partial charge in [-0.15, -0.1) is 0 Å². The van der Waals surface area contributed by atoms with E-state index in [-0.39, 0.29) is 0 Å². The maximum atomic E-state index is 4.56. The molecule has 2 aromatic rings. The Morgan fingerprint density at radius 2 is 1.56 bits per heavy atom. The molecule has 0 radical (unpaired) electrons. The highest BCUT2D eigenvalue weighted by Gasteiger charge is 2.04. The number of aromatic nitrogens is 1. The molecule has 2 heteroatoms. The Labute approximate surface area is 106 Å². The second-order valence-corrected chi connectivity index (χ2v) is 4.62. The van der Waals surface area contributed by atoms with Crippen LogP contribution in [0.5, 0.6) is 0 Å². The van der Waals surface area contributed by atoms with Gasteiger partial charge in [0.2, 0.25) is 0 Å². The third-order valence-corrected chi connectivity index (χ3v) is 2.86. The van der Waals surface area contributed by atoms with Crippen LogP contribution in [0.15, 0.2) is 22.7 Å². The molecular weight excluding hydrogens is 262 g/mol. The van der Waals surface area contributed by atoms with Crippen LogP contribution in [0.2, 0.25) is 0 Å². The Morgan fingerprint density at radius 3 is 2.19 bits per heavy atom. The molecule has 1 aromatic carbocycles. The summed E-state index contributed by atoms with van der Waals surface area (Å²) in [5, 5.41) is 1.24. The summed E-state index contributed by atoms with van der Waals surface area (Å²) in [6.45, 7) is 10.3. The molecule has 0 aliphatic heterocycles. The molecular formula is C14H18BrN. The van der Waals surface area contributed by atoms with E-state index in [2.05, 4.69) is 53.0 Å². The summed E-state index contributed by atoms with van der Waals surface area (Å²) in [5.74, 6) is 0. The van der Waals surface area contributed by atoms with Crippen LogP contribution >= 0.6 is 15.9 Å². The standard InChI is InChI=1S/C12H12BrN.C2H6/c1-7-4-9(3)14-12-8(2)5-10(13)6-11(7)12;1-2/h4-6H,1-3H3;1-2H3. The lowest BCUT2D eigenvalue weighted by molar-refractivity contribution is 1.22. The minimum atomic E-state index is 1.08. The quantitative estimate of drug-likeness (QED) is 0.665.